The SMILES string of the molecule is N#CCCCCN(CCCCC#N)S(=O)(=O)C(c1ccccc1)S(=O)(=O)N(CCCCC#N)CCCCC#N. The first-order valence-electron chi connectivity index (χ1n) is 13.3. The summed E-state index contributed by atoms with van der Waals surface area (Å²) < 4.78 is 57.2. The Morgan fingerprint density at radius 1 is 0.538 bits per heavy atom. The third-order valence-corrected chi connectivity index (χ3v) is 11.4. The number of nitriles is 4. The number of benzene rings is 1. The van der Waals surface area contributed by atoms with Crippen molar-refractivity contribution < 1.29 is 16.8 Å². The van der Waals surface area contributed by atoms with Gasteiger partial charge in [0.1, 0.15) is 0 Å². The minimum absolute atomic E-state index is 0.0692. The fraction of sp³-hybridized carbons (Fsp3) is 0.630. The van der Waals surface area contributed by atoms with E-state index in [4.69, 9.17) is 21.0 Å². The van der Waals surface area contributed by atoms with Crippen molar-refractivity contribution >= 4 is 20.0 Å². The lowest BCUT2D eigenvalue weighted by atomic mass is 10.2. The normalized spacial score (nSPS) is 11.7. The Morgan fingerprint density at radius 3 is 1.13 bits per heavy atom. The largest absolute Gasteiger partial charge is 0.237 e. The van der Waals surface area contributed by atoms with Crippen LogP contribution in [-0.2, 0) is 20.0 Å². The molecule has 0 aliphatic heterocycles. The van der Waals surface area contributed by atoms with E-state index in [1.807, 2.05) is 24.3 Å². The van der Waals surface area contributed by atoms with Gasteiger partial charge in [0.2, 0.25) is 24.6 Å². The second-order valence-electron chi connectivity index (χ2n) is 9.09. The average Bonchev–Trinajstić information content (AvgIpc) is 2.91. The van der Waals surface area contributed by atoms with E-state index in [9.17, 15) is 16.8 Å². The van der Waals surface area contributed by atoms with Gasteiger partial charge in [-0.25, -0.2) is 25.4 Å². The molecule has 212 valence electrons. The monoisotopic (exact) mass is 574 g/mol. The molecular formula is C27H38N6O4S2. The fourth-order valence-electron chi connectivity index (χ4n) is 4.08. The molecule has 0 aliphatic carbocycles. The predicted octanol–water partition coefficient (Wildman–Crippen LogP) is 4.72. The summed E-state index contributed by atoms with van der Waals surface area (Å²) in [5.41, 5.74) is 0.135. The van der Waals surface area contributed by atoms with E-state index < -0.39 is 24.6 Å². The molecule has 0 radical (unpaired) electrons. The Morgan fingerprint density at radius 2 is 0.846 bits per heavy atom. The van der Waals surface area contributed by atoms with Gasteiger partial charge in [-0.05, 0) is 56.9 Å². The van der Waals surface area contributed by atoms with Gasteiger partial charge in [-0.1, -0.05) is 30.3 Å². The van der Waals surface area contributed by atoms with Crippen LogP contribution in [0, 0.1) is 45.3 Å². The molecule has 0 aromatic heterocycles. The molecule has 0 spiro atoms. The second-order valence-corrected chi connectivity index (χ2v) is 13.4. The molecule has 0 aliphatic rings. The van der Waals surface area contributed by atoms with Gasteiger partial charge in [0.05, 0.1) is 24.3 Å². The van der Waals surface area contributed by atoms with E-state index in [1.54, 1.807) is 18.2 Å². The van der Waals surface area contributed by atoms with Crippen LogP contribution in [0.1, 0.15) is 87.2 Å². The highest BCUT2D eigenvalue weighted by Gasteiger charge is 2.45. The molecule has 0 amide bonds. The Balaban J connectivity index is 3.48. The van der Waals surface area contributed by atoms with E-state index >= 15 is 0 Å². The van der Waals surface area contributed by atoms with Crippen LogP contribution in [0.3, 0.4) is 0 Å². The molecule has 0 bridgehead atoms. The minimum Gasteiger partial charge on any atom is -0.210 e. The standard InChI is InChI=1S/C27H38N6O4S2/c28-18-8-2-12-22-32(23-13-3-9-19-29)38(34,35)27(26-16-6-1-7-17-26)39(36,37)33(24-14-4-10-20-30)25-15-5-11-21-31/h1,6-7,16-17,27H,2-5,8-15,22-25H2. The van der Waals surface area contributed by atoms with Crippen molar-refractivity contribution in [1.29, 1.82) is 21.0 Å². The van der Waals surface area contributed by atoms with E-state index in [2.05, 4.69) is 0 Å². The van der Waals surface area contributed by atoms with Crippen molar-refractivity contribution in [1.82, 2.24) is 8.61 Å². The summed E-state index contributed by atoms with van der Waals surface area (Å²) in [7, 11) is -8.86. The maximum Gasteiger partial charge on any atom is 0.237 e. The lowest BCUT2D eigenvalue weighted by Gasteiger charge is -2.32. The summed E-state index contributed by atoms with van der Waals surface area (Å²) in [5.74, 6) is 0. The third kappa shape index (κ3) is 11.7. The van der Waals surface area contributed by atoms with E-state index in [0.717, 1.165) is 0 Å². The highest BCUT2D eigenvalue weighted by Crippen LogP contribution is 2.34. The maximum atomic E-state index is 14.2. The molecule has 1 aromatic rings. The highest BCUT2D eigenvalue weighted by molar-refractivity contribution is 8.06. The third-order valence-electron chi connectivity index (χ3n) is 6.12. The van der Waals surface area contributed by atoms with Gasteiger partial charge in [-0.2, -0.15) is 21.0 Å². The Kier molecular flexibility index (Phi) is 16.7. The molecule has 1 rings (SSSR count). The number of hydrogen-bond donors (Lipinski definition) is 0. The molecule has 0 heterocycles. The van der Waals surface area contributed by atoms with Crippen LogP contribution in [0.5, 0.6) is 0 Å². The van der Waals surface area contributed by atoms with Crippen molar-refractivity contribution in [3.05, 3.63) is 35.9 Å². The number of unbranched alkanes of at least 4 members (excludes halogenated alkanes) is 8. The summed E-state index contributed by atoms with van der Waals surface area (Å²) >= 11 is 0. The topological polar surface area (TPSA) is 170 Å². The van der Waals surface area contributed by atoms with Crippen LogP contribution in [-0.4, -0.2) is 51.6 Å². The molecule has 0 N–H and O–H groups in total. The summed E-state index contributed by atoms with van der Waals surface area (Å²) in [5, 5.41) is 35.5. The van der Waals surface area contributed by atoms with Gasteiger partial charge >= 0.3 is 0 Å². The molecule has 0 fully saturated rings. The first-order valence-corrected chi connectivity index (χ1v) is 16.3. The van der Waals surface area contributed by atoms with Crippen molar-refractivity contribution in [2.45, 2.75) is 81.6 Å². The number of hydrogen-bond acceptors (Lipinski definition) is 8. The molecule has 1 aromatic carbocycles. The van der Waals surface area contributed by atoms with Gasteiger partial charge in [0.25, 0.3) is 0 Å². The van der Waals surface area contributed by atoms with Gasteiger partial charge in [-0.3, -0.25) is 0 Å². The maximum absolute atomic E-state index is 14.2. The van der Waals surface area contributed by atoms with Crippen LogP contribution >= 0.6 is 0 Å². The second kappa shape index (κ2) is 19.1. The summed E-state index contributed by atoms with van der Waals surface area (Å²) in [6, 6.07) is 16.0. The van der Waals surface area contributed by atoms with Crippen LogP contribution < -0.4 is 0 Å². The smallest absolute Gasteiger partial charge is 0.210 e. The quantitative estimate of drug-likeness (QED) is 0.190. The van der Waals surface area contributed by atoms with Crippen LogP contribution in [0.4, 0.5) is 0 Å². The summed E-state index contributed by atoms with van der Waals surface area (Å²) in [6.07, 6.45) is 4.59. The zero-order valence-electron chi connectivity index (χ0n) is 22.4. The molecule has 0 saturated heterocycles. The molecular weight excluding hydrogens is 536 g/mol. The molecule has 10 nitrogen and oxygen atoms in total. The van der Waals surface area contributed by atoms with Gasteiger partial charge < -0.3 is 0 Å². The van der Waals surface area contributed by atoms with Gasteiger partial charge in [-0.15, -0.1) is 0 Å². The van der Waals surface area contributed by atoms with Crippen molar-refractivity contribution in [2.75, 3.05) is 26.2 Å². The summed E-state index contributed by atoms with van der Waals surface area (Å²) in [4.78, 5) is 0. The number of sulfonamides is 2. The van der Waals surface area contributed by atoms with Crippen molar-refractivity contribution in [3.8, 4) is 24.3 Å². The minimum atomic E-state index is -4.43. The Hall–Kier alpha value is -3.00. The first-order chi connectivity index (χ1) is 18.8. The first kappa shape index (κ1) is 34.0. The highest BCUT2D eigenvalue weighted by atomic mass is 32.3. The van der Waals surface area contributed by atoms with Crippen LogP contribution in [0.25, 0.3) is 0 Å². The number of nitrogens with zero attached hydrogens (tertiary/aromatic N) is 6. The average molecular weight is 575 g/mol. The zero-order valence-corrected chi connectivity index (χ0v) is 24.0. The molecule has 0 saturated carbocycles. The number of rotatable bonds is 21. The molecule has 0 atom stereocenters. The molecule has 12 heteroatoms. The van der Waals surface area contributed by atoms with E-state index in [1.165, 1.54) is 20.7 Å². The zero-order chi connectivity index (χ0) is 29.0. The van der Waals surface area contributed by atoms with Crippen LogP contribution in [0.15, 0.2) is 30.3 Å². The van der Waals surface area contributed by atoms with Crippen molar-refractivity contribution in [2.24, 2.45) is 0 Å². The predicted molar refractivity (Wildman–Crippen MR) is 148 cm³/mol. The lowest BCUT2D eigenvalue weighted by Crippen LogP contribution is -2.44. The van der Waals surface area contributed by atoms with Gasteiger partial charge in [0.15, 0.2) is 0 Å². The lowest BCUT2D eigenvalue weighted by molar-refractivity contribution is 0.377. The Labute approximate surface area is 234 Å². The van der Waals surface area contributed by atoms with Crippen LogP contribution in [0.2, 0.25) is 0 Å². The Bertz CT molecular complexity index is 1100. The van der Waals surface area contributed by atoms with Crippen molar-refractivity contribution in [3.63, 3.8) is 0 Å². The summed E-state index contributed by atoms with van der Waals surface area (Å²) in [6.45, 7) is 0.277. The molecule has 39 heavy (non-hydrogen) atoms. The van der Waals surface area contributed by atoms with E-state index in [0.29, 0.717) is 51.4 Å². The molecule has 0 unspecified atom stereocenters. The fourth-order valence-corrected chi connectivity index (χ4v) is 9.12. The van der Waals surface area contributed by atoms with Gasteiger partial charge in [0, 0.05) is 51.9 Å². The van der Waals surface area contributed by atoms with E-state index in [-0.39, 0.29) is 57.4 Å².